The maximum Gasteiger partial charge on any atom is 0.147 e. The third kappa shape index (κ3) is 1.19. The second kappa shape index (κ2) is 3.23. The molecule has 0 aliphatic heterocycles. The zero-order valence-electron chi connectivity index (χ0n) is 8.73. The van der Waals surface area contributed by atoms with E-state index in [9.17, 15) is 4.79 Å². The Kier molecular flexibility index (Phi) is 2.18. The molecule has 0 amide bonds. The quantitative estimate of drug-likeness (QED) is 0.534. The van der Waals surface area contributed by atoms with E-state index in [4.69, 9.17) is 0 Å². The molecule has 74 valence electrons. The van der Waals surface area contributed by atoms with Crippen molar-refractivity contribution in [3.8, 4) is 0 Å². The molecular weight excluding hydrogens is 172 g/mol. The first-order valence-electron chi connectivity index (χ1n) is 5.20. The van der Waals surface area contributed by atoms with Crippen molar-refractivity contribution in [1.82, 2.24) is 0 Å². The Morgan fingerprint density at radius 1 is 1.07 bits per heavy atom. The van der Waals surface area contributed by atoms with E-state index >= 15 is 0 Å². The Morgan fingerprint density at radius 3 is 1.93 bits per heavy atom. The van der Waals surface area contributed by atoms with Gasteiger partial charge in [0, 0.05) is 11.8 Å². The van der Waals surface area contributed by atoms with Gasteiger partial charge in [-0.1, -0.05) is 50.3 Å². The van der Waals surface area contributed by atoms with Gasteiger partial charge in [-0.3, -0.25) is 4.79 Å². The van der Waals surface area contributed by atoms with E-state index < -0.39 is 0 Å². The molecule has 0 radical (unpaired) electrons. The summed E-state index contributed by atoms with van der Waals surface area (Å²) in [5.41, 5.74) is 1.22. The van der Waals surface area contributed by atoms with Crippen molar-refractivity contribution in [3.05, 3.63) is 36.5 Å². The van der Waals surface area contributed by atoms with Crippen LogP contribution in [0.15, 0.2) is 36.5 Å². The average molecular weight is 188 g/mol. The van der Waals surface area contributed by atoms with E-state index in [1.54, 1.807) is 0 Å². The fraction of sp³-hybridized carbons (Fsp3) is 0.462. The number of allylic oxidation sites excluding steroid dienone is 5. The van der Waals surface area contributed by atoms with Crippen LogP contribution in [0, 0.1) is 23.7 Å². The Balaban J connectivity index is 2.44. The molecule has 0 aromatic carbocycles. The standard InChI is InChI=1S/C13H16O/c1-8-9(2)11-6-4-5-7-12(10(8)3)13(11)14/h4-7,9-12H,1H2,2-3H3. The van der Waals surface area contributed by atoms with Crippen molar-refractivity contribution < 1.29 is 4.79 Å². The van der Waals surface area contributed by atoms with Gasteiger partial charge in [-0.15, -0.1) is 0 Å². The fourth-order valence-electron chi connectivity index (χ4n) is 2.48. The SMILES string of the molecule is C=C1C(C)C2C=CC=CC(C2=O)C1C. The summed E-state index contributed by atoms with van der Waals surface area (Å²) in [5, 5.41) is 0. The number of carbonyl (C=O) groups is 1. The number of rotatable bonds is 0. The normalized spacial score (nSPS) is 41.3. The number of Topliss-reactive ketones (excluding diaryl/α,β-unsaturated/α-hetero) is 1. The molecule has 0 aromatic heterocycles. The molecule has 1 fully saturated rings. The molecule has 2 rings (SSSR count). The van der Waals surface area contributed by atoms with Gasteiger partial charge in [-0.05, 0) is 11.8 Å². The summed E-state index contributed by atoms with van der Waals surface area (Å²) in [4.78, 5) is 12.1. The van der Waals surface area contributed by atoms with Crippen LogP contribution in [0.4, 0.5) is 0 Å². The first-order valence-corrected chi connectivity index (χ1v) is 5.20. The van der Waals surface area contributed by atoms with Crippen LogP contribution in [0.5, 0.6) is 0 Å². The predicted octanol–water partition coefficient (Wildman–Crippen LogP) is 2.76. The van der Waals surface area contributed by atoms with Gasteiger partial charge < -0.3 is 0 Å². The van der Waals surface area contributed by atoms with Crippen molar-refractivity contribution >= 4 is 5.78 Å². The molecule has 2 aliphatic carbocycles. The largest absolute Gasteiger partial charge is 0.298 e. The van der Waals surface area contributed by atoms with Crippen LogP contribution in [0.2, 0.25) is 0 Å². The summed E-state index contributed by atoms with van der Waals surface area (Å²) in [6.07, 6.45) is 8.01. The zero-order chi connectivity index (χ0) is 10.3. The van der Waals surface area contributed by atoms with E-state index in [2.05, 4.69) is 20.4 Å². The number of hydrogen-bond acceptors (Lipinski definition) is 1. The molecule has 1 heteroatoms. The van der Waals surface area contributed by atoms with Crippen LogP contribution >= 0.6 is 0 Å². The molecular formula is C13H16O. The van der Waals surface area contributed by atoms with Crippen LogP contribution in [-0.4, -0.2) is 5.78 Å². The lowest BCUT2D eigenvalue weighted by Crippen LogP contribution is -2.38. The van der Waals surface area contributed by atoms with Gasteiger partial charge in [0.25, 0.3) is 0 Å². The number of carbonyl (C=O) groups excluding carboxylic acids is 1. The summed E-state index contributed by atoms with van der Waals surface area (Å²) >= 11 is 0. The summed E-state index contributed by atoms with van der Waals surface area (Å²) in [7, 11) is 0. The minimum atomic E-state index is 0.0544. The van der Waals surface area contributed by atoms with Crippen molar-refractivity contribution in [3.63, 3.8) is 0 Å². The van der Waals surface area contributed by atoms with Crippen LogP contribution in [-0.2, 0) is 4.79 Å². The molecule has 1 nitrogen and oxygen atoms in total. The molecule has 0 saturated heterocycles. The highest BCUT2D eigenvalue weighted by atomic mass is 16.1. The third-order valence-corrected chi connectivity index (χ3v) is 3.65. The van der Waals surface area contributed by atoms with E-state index in [0.29, 0.717) is 17.6 Å². The van der Waals surface area contributed by atoms with E-state index in [1.807, 2.05) is 24.3 Å². The Hall–Kier alpha value is -1.11. The highest BCUT2D eigenvalue weighted by Crippen LogP contribution is 2.40. The van der Waals surface area contributed by atoms with E-state index in [1.165, 1.54) is 5.57 Å². The summed E-state index contributed by atoms with van der Waals surface area (Å²) in [6.45, 7) is 8.32. The van der Waals surface area contributed by atoms with Gasteiger partial charge in [0.1, 0.15) is 5.78 Å². The second-order valence-electron chi connectivity index (χ2n) is 4.38. The molecule has 1 saturated carbocycles. The van der Waals surface area contributed by atoms with E-state index in [0.717, 1.165) is 0 Å². The van der Waals surface area contributed by atoms with Gasteiger partial charge in [0.05, 0.1) is 0 Å². The predicted molar refractivity (Wildman–Crippen MR) is 57.7 cm³/mol. The van der Waals surface area contributed by atoms with Gasteiger partial charge in [0.15, 0.2) is 0 Å². The average Bonchev–Trinajstić information content (AvgIpc) is 2.33. The molecule has 0 aromatic rings. The molecule has 2 bridgehead atoms. The van der Waals surface area contributed by atoms with Crippen LogP contribution in [0.1, 0.15) is 13.8 Å². The summed E-state index contributed by atoms with van der Waals surface area (Å²) < 4.78 is 0. The van der Waals surface area contributed by atoms with Gasteiger partial charge in [-0.2, -0.15) is 0 Å². The lowest BCUT2D eigenvalue weighted by Gasteiger charge is -2.36. The van der Waals surface area contributed by atoms with Crippen molar-refractivity contribution in [2.24, 2.45) is 23.7 Å². The zero-order valence-corrected chi connectivity index (χ0v) is 8.73. The maximum absolute atomic E-state index is 12.1. The van der Waals surface area contributed by atoms with Crippen molar-refractivity contribution in [2.75, 3.05) is 0 Å². The second-order valence-corrected chi connectivity index (χ2v) is 4.38. The first-order chi connectivity index (χ1) is 6.63. The topological polar surface area (TPSA) is 17.1 Å². The smallest absolute Gasteiger partial charge is 0.147 e. The summed E-state index contributed by atoms with van der Waals surface area (Å²) in [6, 6.07) is 0. The van der Waals surface area contributed by atoms with Gasteiger partial charge >= 0.3 is 0 Å². The fourth-order valence-corrected chi connectivity index (χ4v) is 2.48. The van der Waals surface area contributed by atoms with Crippen molar-refractivity contribution in [2.45, 2.75) is 13.8 Å². The van der Waals surface area contributed by atoms with Crippen LogP contribution in [0.3, 0.4) is 0 Å². The van der Waals surface area contributed by atoms with Gasteiger partial charge in [0.2, 0.25) is 0 Å². The third-order valence-electron chi connectivity index (χ3n) is 3.65. The van der Waals surface area contributed by atoms with Crippen molar-refractivity contribution in [1.29, 1.82) is 0 Å². The number of fused-ring (bicyclic) bond motifs is 2. The van der Waals surface area contributed by atoms with E-state index in [-0.39, 0.29) is 11.8 Å². The van der Waals surface area contributed by atoms with Crippen LogP contribution < -0.4 is 0 Å². The number of ketones is 1. The van der Waals surface area contributed by atoms with Gasteiger partial charge in [-0.25, -0.2) is 0 Å². The van der Waals surface area contributed by atoms with Crippen LogP contribution in [0.25, 0.3) is 0 Å². The minimum Gasteiger partial charge on any atom is -0.298 e. The maximum atomic E-state index is 12.1. The Labute approximate surface area is 85.2 Å². The molecule has 14 heavy (non-hydrogen) atoms. The Morgan fingerprint density at radius 2 is 1.50 bits per heavy atom. The monoisotopic (exact) mass is 188 g/mol. The molecule has 4 unspecified atom stereocenters. The molecule has 0 N–H and O–H groups in total. The lowest BCUT2D eigenvalue weighted by molar-refractivity contribution is -0.127. The molecule has 2 aliphatic rings. The first kappa shape index (κ1) is 9.45. The molecule has 0 heterocycles. The number of hydrogen-bond donors (Lipinski definition) is 0. The Bertz CT molecular complexity index is 305. The minimum absolute atomic E-state index is 0.0544. The highest BCUT2D eigenvalue weighted by Gasteiger charge is 2.40. The molecule has 0 spiro atoms. The molecule has 4 atom stereocenters. The summed E-state index contributed by atoms with van der Waals surface area (Å²) in [5.74, 6) is 1.06. The lowest BCUT2D eigenvalue weighted by atomic mass is 9.66. The highest BCUT2D eigenvalue weighted by molar-refractivity contribution is 5.89.